The number of piperidine rings is 1. The Kier molecular flexibility index (Phi) is 6.66. The van der Waals surface area contributed by atoms with Crippen molar-refractivity contribution in [3.8, 4) is 5.75 Å². The fourth-order valence-electron chi connectivity index (χ4n) is 3.57. The molecule has 1 aromatic heterocycles. The number of benzene rings is 1. The maximum absolute atomic E-state index is 12.9. The summed E-state index contributed by atoms with van der Waals surface area (Å²) < 4.78 is 41.1. The molecule has 0 aliphatic carbocycles. The predicted octanol–water partition coefficient (Wildman–Crippen LogP) is 3.02. The van der Waals surface area contributed by atoms with Gasteiger partial charge in [-0.3, -0.25) is 19.4 Å². The third-order valence-electron chi connectivity index (χ3n) is 5.05. The van der Waals surface area contributed by atoms with Crippen LogP contribution in [0.5, 0.6) is 5.75 Å². The number of nitrogens with one attached hydrogen (secondary N) is 1. The Balaban J connectivity index is 1.77. The Morgan fingerprint density at radius 2 is 1.84 bits per heavy atom. The summed E-state index contributed by atoms with van der Waals surface area (Å²) >= 11 is 0. The highest BCUT2D eigenvalue weighted by Crippen LogP contribution is 2.34. The maximum atomic E-state index is 12.9. The molecule has 1 fully saturated rings. The van der Waals surface area contributed by atoms with Crippen LogP contribution in [0.4, 0.5) is 18.9 Å². The second kappa shape index (κ2) is 9.25. The van der Waals surface area contributed by atoms with Gasteiger partial charge in [-0.1, -0.05) is 19.1 Å². The van der Waals surface area contributed by atoms with Gasteiger partial charge in [0, 0.05) is 12.7 Å². The first-order valence-corrected chi connectivity index (χ1v) is 9.76. The third kappa shape index (κ3) is 5.74. The molecule has 0 saturated carbocycles. The van der Waals surface area contributed by atoms with E-state index in [-0.39, 0.29) is 22.9 Å². The second-order valence-electron chi connectivity index (χ2n) is 7.55. The Morgan fingerprint density at radius 3 is 2.47 bits per heavy atom. The number of primary amides is 1. The minimum absolute atomic E-state index is 0.0703. The van der Waals surface area contributed by atoms with Crippen molar-refractivity contribution in [2.24, 2.45) is 11.7 Å². The number of carbonyl (C=O) groups is 3. The number of carbonyl (C=O) groups excluding carboxylic acids is 3. The second-order valence-corrected chi connectivity index (χ2v) is 7.55. The molecule has 2 aromatic rings. The van der Waals surface area contributed by atoms with E-state index in [0.717, 1.165) is 6.42 Å². The van der Waals surface area contributed by atoms with E-state index < -0.39 is 30.1 Å². The summed E-state index contributed by atoms with van der Waals surface area (Å²) in [6, 6.07) is 6.05. The number of alkyl halides is 3. The molecule has 170 valence electrons. The number of pyridine rings is 1. The molecule has 0 bridgehead atoms. The maximum Gasteiger partial charge on any atom is 0.573 e. The number of anilines is 1. The van der Waals surface area contributed by atoms with Gasteiger partial charge in [0.1, 0.15) is 5.75 Å². The topological polar surface area (TPSA) is 115 Å². The van der Waals surface area contributed by atoms with Crippen LogP contribution in [0, 0.1) is 5.92 Å². The molecule has 2 heterocycles. The Bertz CT molecular complexity index is 1010. The average molecular weight is 450 g/mol. The van der Waals surface area contributed by atoms with E-state index in [4.69, 9.17) is 5.73 Å². The molecule has 3 amide bonds. The molecule has 1 aromatic carbocycles. The molecular weight excluding hydrogens is 429 g/mol. The number of likely N-dealkylation sites (tertiary alicyclic amines) is 1. The minimum atomic E-state index is -4.80. The van der Waals surface area contributed by atoms with Crippen LogP contribution in [-0.2, 0) is 9.59 Å². The normalized spacial score (nSPS) is 18.7. The van der Waals surface area contributed by atoms with E-state index in [9.17, 15) is 27.6 Å². The lowest BCUT2D eigenvalue weighted by Gasteiger charge is -2.38. The average Bonchev–Trinajstić information content (AvgIpc) is 2.73. The van der Waals surface area contributed by atoms with Gasteiger partial charge in [-0.15, -0.1) is 13.2 Å². The number of rotatable bonds is 4. The number of hydrogen-bond acceptors (Lipinski definition) is 5. The first-order chi connectivity index (χ1) is 15.0. The van der Waals surface area contributed by atoms with Crippen LogP contribution in [0.3, 0.4) is 0 Å². The Morgan fingerprint density at radius 1 is 1.16 bits per heavy atom. The molecule has 8 nitrogen and oxygen atoms in total. The molecule has 0 spiro atoms. The lowest BCUT2D eigenvalue weighted by molar-refractivity contribution is -0.274. The summed E-state index contributed by atoms with van der Waals surface area (Å²) in [4.78, 5) is 42.0. The highest BCUT2D eigenvalue weighted by molar-refractivity contribution is 6.39. The van der Waals surface area contributed by atoms with Crippen molar-refractivity contribution >= 4 is 23.4 Å². The number of amides is 3. The summed E-state index contributed by atoms with van der Waals surface area (Å²) in [5.41, 5.74) is 5.99. The van der Waals surface area contributed by atoms with Crippen molar-refractivity contribution in [2.75, 3.05) is 11.9 Å². The van der Waals surface area contributed by atoms with Gasteiger partial charge in [-0.25, -0.2) is 0 Å². The molecule has 0 unspecified atom stereocenters. The monoisotopic (exact) mass is 450 g/mol. The van der Waals surface area contributed by atoms with Crippen molar-refractivity contribution in [2.45, 2.75) is 32.2 Å². The quantitative estimate of drug-likeness (QED) is 0.695. The van der Waals surface area contributed by atoms with Crippen molar-refractivity contribution in [3.05, 3.63) is 53.9 Å². The number of ether oxygens (including phenoxy) is 1. The molecule has 3 rings (SSSR count). The molecule has 1 aliphatic rings. The van der Waals surface area contributed by atoms with Gasteiger partial charge in [-0.05, 0) is 42.5 Å². The first kappa shape index (κ1) is 23.0. The molecule has 11 heteroatoms. The van der Waals surface area contributed by atoms with Crippen LogP contribution >= 0.6 is 0 Å². The van der Waals surface area contributed by atoms with Crippen LogP contribution in [-0.4, -0.2) is 40.5 Å². The van der Waals surface area contributed by atoms with Gasteiger partial charge in [-0.2, -0.15) is 0 Å². The fraction of sp³-hybridized carbons (Fsp3) is 0.333. The van der Waals surface area contributed by atoms with Gasteiger partial charge in [0.05, 0.1) is 23.5 Å². The minimum Gasteiger partial charge on any atom is -0.406 e. The van der Waals surface area contributed by atoms with Gasteiger partial charge in [0.25, 0.3) is 0 Å². The highest BCUT2D eigenvalue weighted by Gasteiger charge is 2.35. The molecule has 2 atom stereocenters. The Labute approximate surface area is 181 Å². The smallest absolute Gasteiger partial charge is 0.406 e. The van der Waals surface area contributed by atoms with Crippen molar-refractivity contribution < 1.29 is 32.3 Å². The fourth-order valence-corrected chi connectivity index (χ4v) is 3.57. The summed E-state index contributed by atoms with van der Waals surface area (Å²) in [7, 11) is 0. The largest absolute Gasteiger partial charge is 0.573 e. The zero-order valence-corrected chi connectivity index (χ0v) is 17.1. The number of hydrogen-bond donors (Lipinski definition) is 2. The van der Waals surface area contributed by atoms with Crippen LogP contribution < -0.4 is 15.8 Å². The van der Waals surface area contributed by atoms with Gasteiger partial charge < -0.3 is 20.7 Å². The van der Waals surface area contributed by atoms with Crippen molar-refractivity contribution in [3.63, 3.8) is 0 Å². The number of nitrogens with two attached hydrogens (primary N) is 1. The summed E-state index contributed by atoms with van der Waals surface area (Å²) in [5.74, 6) is -2.70. The zero-order valence-electron chi connectivity index (χ0n) is 17.1. The van der Waals surface area contributed by atoms with Gasteiger partial charge >= 0.3 is 18.2 Å². The highest BCUT2D eigenvalue weighted by atomic mass is 19.4. The zero-order chi connectivity index (χ0) is 23.5. The lowest BCUT2D eigenvalue weighted by atomic mass is 9.89. The molecule has 0 radical (unpaired) electrons. The Hall–Kier alpha value is -3.63. The SMILES string of the molecule is C[C@@H]1CC[C@@H](c2ccc(OC(F)(F)F)cc2)N(C(=O)C(=O)Nc2cncc(C(N)=O)c2)C1. The first-order valence-electron chi connectivity index (χ1n) is 9.76. The molecule has 1 aliphatic heterocycles. The van der Waals surface area contributed by atoms with Crippen LogP contribution in [0.25, 0.3) is 0 Å². The number of aromatic nitrogens is 1. The van der Waals surface area contributed by atoms with Crippen LogP contribution in [0.15, 0.2) is 42.7 Å². The van der Waals surface area contributed by atoms with E-state index in [1.54, 1.807) is 0 Å². The van der Waals surface area contributed by atoms with E-state index in [1.807, 2.05) is 6.92 Å². The van der Waals surface area contributed by atoms with E-state index >= 15 is 0 Å². The van der Waals surface area contributed by atoms with Crippen LogP contribution in [0.2, 0.25) is 0 Å². The van der Waals surface area contributed by atoms with E-state index in [0.29, 0.717) is 18.5 Å². The molecule has 32 heavy (non-hydrogen) atoms. The summed E-state index contributed by atoms with van der Waals surface area (Å²) in [6.45, 7) is 2.24. The standard InChI is InChI=1S/C21H21F3N4O4/c1-12-2-7-17(13-3-5-16(6-4-13)32-21(22,23)24)28(11-12)20(31)19(30)27-15-8-14(18(25)29)9-26-10-15/h3-6,8-10,12,17H,2,7,11H2,1H3,(H2,25,29)(H,27,30)/t12-,17+/m1/s1. The summed E-state index contributed by atoms with van der Waals surface area (Å²) in [6.07, 6.45) is -0.982. The van der Waals surface area contributed by atoms with Crippen molar-refractivity contribution in [1.29, 1.82) is 0 Å². The van der Waals surface area contributed by atoms with E-state index in [2.05, 4.69) is 15.0 Å². The summed E-state index contributed by atoms with van der Waals surface area (Å²) in [5, 5.41) is 2.41. The third-order valence-corrected chi connectivity index (χ3v) is 5.05. The van der Waals surface area contributed by atoms with Gasteiger partial charge in [0.2, 0.25) is 5.91 Å². The molecule has 3 N–H and O–H groups in total. The van der Waals surface area contributed by atoms with Crippen molar-refractivity contribution in [1.82, 2.24) is 9.88 Å². The number of nitrogens with zero attached hydrogens (tertiary/aromatic N) is 2. The number of halogens is 3. The molecular formula is C21H21F3N4O4. The lowest BCUT2D eigenvalue weighted by Crippen LogP contribution is -2.46. The van der Waals surface area contributed by atoms with Gasteiger partial charge in [0.15, 0.2) is 0 Å². The van der Waals surface area contributed by atoms with E-state index in [1.165, 1.54) is 47.6 Å². The molecule has 1 saturated heterocycles. The predicted molar refractivity (Wildman–Crippen MR) is 107 cm³/mol. The van der Waals surface area contributed by atoms with Crippen LogP contribution in [0.1, 0.15) is 41.7 Å².